The minimum atomic E-state index is -4.33. The topological polar surface area (TPSA) is 74.3 Å². The molecule has 0 amide bonds. The van der Waals surface area contributed by atoms with E-state index in [9.17, 15) is 17.8 Å². The van der Waals surface area contributed by atoms with Crippen molar-refractivity contribution in [1.82, 2.24) is 0 Å². The van der Waals surface area contributed by atoms with Crippen molar-refractivity contribution in [3.8, 4) is 0 Å². The molecule has 2 bridgehead atoms. The van der Waals surface area contributed by atoms with Gasteiger partial charge in [0.25, 0.3) is 0 Å². The number of rotatable bonds is 4. The van der Waals surface area contributed by atoms with Gasteiger partial charge < -0.3 is 4.55 Å². The third-order valence-corrected chi connectivity index (χ3v) is 12.5. The summed E-state index contributed by atoms with van der Waals surface area (Å²) in [5, 5.41) is 0. The molecule has 1 aromatic carbocycles. The van der Waals surface area contributed by atoms with Crippen molar-refractivity contribution in [2.75, 3.05) is 5.75 Å². The fourth-order valence-electron chi connectivity index (χ4n) is 4.23. The maximum atomic E-state index is 11.8. The molecule has 1 aromatic rings. The fourth-order valence-corrected chi connectivity index (χ4v) is 8.24. The van der Waals surface area contributed by atoms with Crippen LogP contribution in [0, 0.1) is 16.7 Å². The summed E-state index contributed by atoms with van der Waals surface area (Å²) in [4.78, 5) is 14.3. The molecule has 0 N–H and O–H groups in total. The van der Waals surface area contributed by atoms with Gasteiger partial charge in [0.15, 0.2) is 0 Å². The molecule has 0 saturated heterocycles. The summed E-state index contributed by atoms with van der Waals surface area (Å²) in [5.74, 6) is -0.280. The summed E-state index contributed by atoms with van der Waals surface area (Å²) in [6.45, 7) is 6.13. The van der Waals surface area contributed by atoms with Gasteiger partial charge in [0, 0.05) is 11.8 Å². The third-order valence-electron chi connectivity index (χ3n) is 6.14. The number of carbonyl (C=O) groups is 1. The number of benzene rings is 1. The first-order valence-electron chi connectivity index (χ1n) is 8.68. The normalized spacial score (nSPS) is 27.3. The van der Waals surface area contributed by atoms with Crippen LogP contribution in [0.15, 0.2) is 30.3 Å². The molecule has 0 radical (unpaired) electrons. The Morgan fingerprint density at radius 3 is 2.24 bits per heavy atom. The van der Waals surface area contributed by atoms with Crippen molar-refractivity contribution in [3.05, 3.63) is 30.3 Å². The van der Waals surface area contributed by atoms with Crippen LogP contribution in [0.2, 0.25) is 9.44 Å². The molecule has 0 aromatic heterocycles. The number of fused-ring (bicyclic) bond motifs is 2. The first-order chi connectivity index (χ1) is 11.5. The van der Waals surface area contributed by atoms with E-state index in [-0.39, 0.29) is 17.1 Å². The van der Waals surface area contributed by atoms with E-state index in [2.05, 4.69) is 42.2 Å². The summed E-state index contributed by atoms with van der Waals surface area (Å²) in [7, 11) is -4.33. The standard InChI is InChI=1S/C10H16O4S.C9H13Te/c1-9(2)7-3-4-10(9,8(11)5-7)6-15(12,13)14;1-3-10(2)9-7-5-4-6-8-9/h7H,3-6H2,1-2H3,(H,12,13,14);4-8H,3H2,1-2H3/q;+1/p-1/t7?,10-;/m0./s1. The molecule has 2 saturated carbocycles. The molecular weight excluding hydrogens is 452 g/mol. The molecule has 2 aliphatic carbocycles. The van der Waals surface area contributed by atoms with E-state index >= 15 is 0 Å². The Hall–Kier alpha value is -0.410. The fraction of sp³-hybridized carbons (Fsp3) is 0.632. The molecule has 6 heteroatoms. The van der Waals surface area contributed by atoms with Gasteiger partial charge in [0.1, 0.15) is 5.78 Å². The van der Waals surface area contributed by atoms with Gasteiger partial charge in [0.05, 0.1) is 15.9 Å². The van der Waals surface area contributed by atoms with Crippen molar-refractivity contribution >= 4 is 39.1 Å². The summed E-state index contributed by atoms with van der Waals surface area (Å²) in [6.07, 6.45) is 1.88. The molecule has 25 heavy (non-hydrogen) atoms. The van der Waals surface area contributed by atoms with E-state index in [0.717, 1.165) is 6.42 Å². The molecular formula is C19H28O4STe. The average molecular weight is 480 g/mol. The molecule has 4 nitrogen and oxygen atoms in total. The van der Waals surface area contributed by atoms with Crippen LogP contribution in [0.3, 0.4) is 0 Å². The van der Waals surface area contributed by atoms with E-state index in [1.807, 2.05) is 13.8 Å². The second kappa shape index (κ2) is 7.68. The van der Waals surface area contributed by atoms with Gasteiger partial charge in [-0.05, 0) is 24.2 Å². The number of ketones is 1. The molecule has 0 spiro atoms. The zero-order valence-corrected chi connectivity index (χ0v) is 18.6. The van der Waals surface area contributed by atoms with Gasteiger partial charge in [-0.15, -0.1) is 0 Å². The van der Waals surface area contributed by atoms with Crippen molar-refractivity contribution < 1.29 is 17.8 Å². The summed E-state index contributed by atoms with van der Waals surface area (Å²) < 4.78 is 35.7. The molecule has 2 fully saturated rings. The van der Waals surface area contributed by atoms with Gasteiger partial charge in [0.2, 0.25) is 0 Å². The van der Waals surface area contributed by atoms with E-state index in [1.54, 1.807) is 3.61 Å². The third kappa shape index (κ3) is 4.30. The van der Waals surface area contributed by atoms with E-state index in [1.165, 1.54) is 4.47 Å². The second-order valence-electron chi connectivity index (χ2n) is 7.61. The van der Waals surface area contributed by atoms with Crippen molar-refractivity contribution in [3.63, 3.8) is 0 Å². The van der Waals surface area contributed by atoms with E-state index in [0.29, 0.717) is 12.8 Å². The molecule has 2 aliphatic rings. The first kappa shape index (κ1) is 20.9. The SMILES string of the molecule is CC1(C)C2CC[C@]1(CS(=O)(=O)[O-])C(=O)C2.CC[Te+](C)c1ccccc1. The number of carbonyl (C=O) groups excluding carboxylic acids is 1. The predicted molar refractivity (Wildman–Crippen MR) is 101 cm³/mol. The Balaban J connectivity index is 0.000000196. The zero-order valence-electron chi connectivity index (χ0n) is 15.4. The Bertz CT molecular complexity index is 714. The van der Waals surface area contributed by atoms with Gasteiger partial charge >= 0.3 is 69.9 Å². The Morgan fingerprint density at radius 1 is 1.24 bits per heavy atom. The number of hydrogen-bond acceptors (Lipinski definition) is 4. The van der Waals surface area contributed by atoms with Crippen LogP contribution in [-0.4, -0.2) is 44.1 Å². The van der Waals surface area contributed by atoms with Gasteiger partial charge in [-0.3, -0.25) is 4.79 Å². The molecule has 140 valence electrons. The second-order valence-corrected chi connectivity index (χ2v) is 15.6. The molecule has 2 atom stereocenters. The van der Waals surface area contributed by atoms with Crippen LogP contribution in [0.1, 0.15) is 40.0 Å². The first-order valence-corrected chi connectivity index (χ1v) is 15.4. The number of Topliss-reactive ketones (excluding diaryl/α,β-unsaturated/α-hetero) is 1. The molecule has 0 heterocycles. The van der Waals surface area contributed by atoms with Crippen LogP contribution in [-0.2, 0) is 14.9 Å². The predicted octanol–water partition coefficient (Wildman–Crippen LogP) is 2.97. The molecule has 0 aliphatic heterocycles. The van der Waals surface area contributed by atoms with Crippen LogP contribution >= 0.6 is 0 Å². The Morgan fingerprint density at radius 2 is 1.84 bits per heavy atom. The van der Waals surface area contributed by atoms with E-state index in [4.69, 9.17) is 0 Å². The molecule has 1 unspecified atom stereocenters. The zero-order chi connectivity index (χ0) is 18.9. The van der Waals surface area contributed by atoms with Gasteiger partial charge in [-0.2, -0.15) is 0 Å². The summed E-state index contributed by atoms with van der Waals surface area (Å²) in [6, 6.07) is 10.9. The minimum absolute atomic E-state index is 0.0248. The van der Waals surface area contributed by atoms with Crippen LogP contribution < -0.4 is 3.61 Å². The monoisotopic (exact) mass is 482 g/mol. The quantitative estimate of drug-likeness (QED) is 0.491. The number of hydrogen-bond donors (Lipinski definition) is 0. The van der Waals surface area contributed by atoms with Gasteiger partial charge in [-0.25, -0.2) is 8.42 Å². The van der Waals surface area contributed by atoms with E-state index < -0.39 is 40.8 Å². The van der Waals surface area contributed by atoms with Crippen LogP contribution in [0.25, 0.3) is 0 Å². The van der Waals surface area contributed by atoms with Crippen molar-refractivity contribution in [2.24, 2.45) is 16.7 Å². The van der Waals surface area contributed by atoms with Crippen molar-refractivity contribution in [1.29, 1.82) is 0 Å². The molecule has 3 rings (SSSR count). The summed E-state index contributed by atoms with van der Waals surface area (Å²) in [5.41, 5.74) is -1.22. The Kier molecular flexibility index (Phi) is 6.42. The van der Waals surface area contributed by atoms with Gasteiger partial charge in [-0.1, -0.05) is 13.8 Å². The Labute approximate surface area is 158 Å². The van der Waals surface area contributed by atoms with Crippen molar-refractivity contribution in [2.45, 2.75) is 49.5 Å². The van der Waals surface area contributed by atoms with Crippen LogP contribution in [0.5, 0.6) is 0 Å². The summed E-state index contributed by atoms with van der Waals surface area (Å²) >= 11 is -0.819. The average Bonchev–Trinajstić information content (AvgIpc) is 2.88. The maximum absolute atomic E-state index is 11.8. The van der Waals surface area contributed by atoms with Crippen LogP contribution in [0.4, 0.5) is 0 Å².